The smallest absolute Gasteiger partial charge is 0.355 e. The average molecular weight is 403 g/mol. The van der Waals surface area contributed by atoms with Gasteiger partial charge in [-0.3, -0.25) is 0 Å². The lowest BCUT2D eigenvalue weighted by Crippen LogP contribution is -2.38. The molecule has 30 heavy (non-hydrogen) atoms. The number of hydrogen-bond donors (Lipinski definition) is 0. The highest BCUT2D eigenvalue weighted by atomic mass is 16.5. The number of methoxy groups -OCH3 is 3. The lowest BCUT2D eigenvalue weighted by atomic mass is 10.0. The molecule has 0 saturated carbocycles. The quantitative estimate of drug-likeness (QED) is 0.444. The number of carbonyl (C=O) groups excluding carboxylic acids is 2. The Morgan fingerprint density at radius 3 is 2.47 bits per heavy atom. The predicted octanol–water partition coefficient (Wildman–Crippen LogP) is 3.18. The molecule has 6 nitrogen and oxygen atoms in total. The minimum Gasteiger partial charge on any atom is -0.497 e. The zero-order chi connectivity index (χ0) is 21.5. The largest absolute Gasteiger partial charge is 0.497 e. The van der Waals surface area contributed by atoms with E-state index in [1.807, 2.05) is 54.6 Å². The number of ether oxygens (including phenoxy) is 3. The number of rotatable bonds is 4. The third kappa shape index (κ3) is 4.53. The third-order valence-electron chi connectivity index (χ3n) is 4.48. The van der Waals surface area contributed by atoms with Crippen LogP contribution in [0.1, 0.15) is 11.1 Å². The predicted molar refractivity (Wildman–Crippen MR) is 114 cm³/mol. The van der Waals surface area contributed by atoms with E-state index in [2.05, 4.69) is 11.8 Å². The van der Waals surface area contributed by atoms with Crippen LogP contribution in [0.2, 0.25) is 0 Å². The molecule has 0 amide bonds. The Morgan fingerprint density at radius 2 is 1.80 bits per heavy atom. The second kappa shape index (κ2) is 9.48. The first-order valence-electron chi connectivity index (χ1n) is 9.17. The van der Waals surface area contributed by atoms with Gasteiger partial charge >= 0.3 is 11.9 Å². The molecule has 0 aliphatic carbocycles. The highest BCUT2D eigenvalue weighted by Gasteiger charge is 2.30. The zero-order valence-corrected chi connectivity index (χ0v) is 16.9. The molecule has 1 unspecified atom stereocenters. The molecule has 2 aromatic carbocycles. The number of benzene rings is 2. The summed E-state index contributed by atoms with van der Waals surface area (Å²) in [4.78, 5) is 26.2. The van der Waals surface area contributed by atoms with Crippen LogP contribution < -0.4 is 9.64 Å². The van der Waals surface area contributed by atoms with Gasteiger partial charge in [-0.1, -0.05) is 36.1 Å². The van der Waals surface area contributed by atoms with Gasteiger partial charge in [0.15, 0.2) is 0 Å². The van der Waals surface area contributed by atoms with Crippen molar-refractivity contribution in [3.8, 4) is 17.6 Å². The maximum atomic E-state index is 12.6. The molecule has 6 heteroatoms. The number of esters is 2. The van der Waals surface area contributed by atoms with Crippen molar-refractivity contribution in [1.82, 2.24) is 0 Å². The Morgan fingerprint density at radius 1 is 1.03 bits per heavy atom. The minimum absolute atomic E-state index is 0.0208. The Bertz CT molecular complexity index is 1060. The van der Waals surface area contributed by atoms with Crippen molar-refractivity contribution in [2.45, 2.75) is 6.04 Å². The standard InChI is InChI=1S/C24H21NO5/c1-28-20-13-14-21-18(15-20)10-12-19(11-9-17-7-5-4-6-8-17)25(21)22(24(27)30-3)16-23(26)29-2/h4-8,10,12-16,19H,1-3H3/b22-16+. The zero-order valence-electron chi connectivity index (χ0n) is 16.9. The lowest BCUT2D eigenvalue weighted by Gasteiger charge is -2.33. The fraction of sp³-hybridized carbons (Fsp3) is 0.167. The van der Waals surface area contributed by atoms with Gasteiger partial charge in [-0.25, -0.2) is 9.59 Å². The molecule has 2 aromatic rings. The number of hydrogen-bond acceptors (Lipinski definition) is 6. The summed E-state index contributed by atoms with van der Waals surface area (Å²) in [6.07, 6.45) is 4.87. The maximum Gasteiger partial charge on any atom is 0.355 e. The van der Waals surface area contributed by atoms with Crippen LogP contribution in [0.5, 0.6) is 5.75 Å². The van der Waals surface area contributed by atoms with Crippen molar-refractivity contribution in [2.24, 2.45) is 0 Å². The molecule has 0 radical (unpaired) electrons. The topological polar surface area (TPSA) is 65.1 Å². The summed E-state index contributed by atoms with van der Waals surface area (Å²) in [6.45, 7) is 0. The minimum atomic E-state index is -0.677. The van der Waals surface area contributed by atoms with Gasteiger partial charge in [0.05, 0.1) is 33.1 Å². The summed E-state index contributed by atoms with van der Waals surface area (Å²) >= 11 is 0. The molecule has 3 rings (SSSR count). The van der Waals surface area contributed by atoms with Crippen molar-refractivity contribution in [1.29, 1.82) is 0 Å². The van der Waals surface area contributed by atoms with E-state index in [9.17, 15) is 9.59 Å². The fourth-order valence-corrected chi connectivity index (χ4v) is 3.02. The lowest BCUT2D eigenvalue weighted by molar-refractivity contribution is -0.138. The van der Waals surface area contributed by atoms with Gasteiger partial charge in [-0.05, 0) is 36.4 Å². The Kier molecular flexibility index (Phi) is 6.56. The van der Waals surface area contributed by atoms with Crippen LogP contribution in [-0.2, 0) is 19.1 Å². The molecular weight excluding hydrogens is 382 g/mol. The number of carbonyl (C=O) groups is 2. The summed E-state index contributed by atoms with van der Waals surface area (Å²) in [6, 6.07) is 14.4. The summed E-state index contributed by atoms with van der Waals surface area (Å²) < 4.78 is 15.0. The Balaban J connectivity index is 2.14. The van der Waals surface area contributed by atoms with Crippen LogP contribution in [0.3, 0.4) is 0 Å². The summed E-state index contributed by atoms with van der Waals surface area (Å²) in [5, 5.41) is 0. The van der Waals surface area contributed by atoms with Crippen LogP contribution in [0, 0.1) is 11.8 Å². The van der Waals surface area contributed by atoms with E-state index in [-0.39, 0.29) is 5.70 Å². The Labute approximate surface area is 175 Å². The van der Waals surface area contributed by atoms with Crippen molar-refractivity contribution in [3.63, 3.8) is 0 Å². The molecule has 0 aromatic heterocycles. The first-order valence-corrected chi connectivity index (χ1v) is 9.17. The highest BCUT2D eigenvalue weighted by molar-refractivity contribution is 6.01. The summed E-state index contributed by atoms with van der Waals surface area (Å²) in [5.41, 5.74) is 2.36. The second-order valence-electron chi connectivity index (χ2n) is 6.28. The van der Waals surface area contributed by atoms with E-state index in [1.54, 1.807) is 18.1 Å². The van der Waals surface area contributed by atoms with Crippen molar-refractivity contribution >= 4 is 23.7 Å². The van der Waals surface area contributed by atoms with E-state index in [0.29, 0.717) is 11.4 Å². The SMILES string of the molecule is COC(=O)/C=C(\C(=O)OC)N1c2ccc(OC)cc2C=CC1C#Cc1ccccc1. The van der Waals surface area contributed by atoms with Crippen molar-refractivity contribution in [3.05, 3.63) is 77.5 Å². The number of anilines is 1. The van der Waals surface area contributed by atoms with Gasteiger partial charge < -0.3 is 19.1 Å². The van der Waals surface area contributed by atoms with Crippen LogP contribution in [0.15, 0.2) is 66.4 Å². The molecular formula is C24H21NO5. The first-order chi connectivity index (χ1) is 14.6. The van der Waals surface area contributed by atoms with Gasteiger partial charge in [-0.15, -0.1) is 0 Å². The molecule has 0 saturated heterocycles. The van der Waals surface area contributed by atoms with E-state index in [1.165, 1.54) is 14.2 Å². The van der Waals surface area contributed by atoms with Crippen LogP contribution in [-0.4, -0.2) is 39.3 Å². The van der Waals surface area contributed by atoms with E-state index in [0.717, 1.165) is 17.2 Å². The highest BCUT2D eigenvalue weighted by Crippen LogP contribution is 2.35. The fourth-order valence-electron chi connectivity index (χ4n) is 3.02. The maximum absolute atomic E-state index is 12.6. The molecule has 152 valence electrons. The van der Waals surface area contributed by atoms with Gasteiger partial charge in [0.2, 0.25) is 0 Å². The summed E-state index contributed by atoms with van der Waals surface area (Å²) in [5.74, 6) is 5.60. The van der Waals surface area contributed by atoms with Gasteiger partial charge in [0.25, 0.3) is 0 Å². The molecule has 1 atom stereocenters. The van der Waals surface area contributed by atoms with E-state index < -0.39 is 18.0 Å². The molecule has 0 spiro atoms. The van der Waals surface area contributed by atoms with Crippen molar-refractivity contribution < 1.29 is 23.8 Å². The normalized spacial score (nSPS) is 14.8. The van der Waals surface area contributed by atoms with E-state index in [4.69, 9.17) is 14.2 Å². The first kappa shape index (κ1) is 20.7. The molecule has 1 aliphatic heterocycles. The Hall–Kier alpha value is -3.98. The molecule has 0 bridgehead atoms. The average Bonchev–Trinajstić information content (AvgIpc) is 2.80. The van der Waals surface area contributed by atoms with Crippen molar-refractivity contribution in [2.75, 3.05) is 26.2 Å². The van der Waals surface area contributed by atoms with Crippen LogP contribution >= 0.6 is 0 Å². The number of fused-ring (bicyclic) bond motifs is 1. The molecule has 1 heterocycles. The van der Waals surface area contributed by atoms with Gasteiger partial charge in [0.1, 0.15) is 17.5 Å². The van der Waals surface area contributed by atoms with Gasteiger partial charge in [-0.2, -0.15) is 0 Å². The number of nitrogens with zero attached hydrogens (tertiary/aromatic N) is 1. The molecule has 1 aliphatic rings. The van der Waals surface area contributed by atoms with Crippen LogP contribution in [0.25, 0.3) is 6.08 Å². The molecule has 0 fully saturated rings. The van der Waals surface area contributed by atoms with Crippen LogP contribution in [0.4, 0.5) is 5.69 Å². The summed E-state index contributed by atoms with van der Waals surface area (Å²) in [7, 11) is 4.08. The van der Waals surface area contributed by atoms with Gasteiger partial charge in [0, 0.05) is 11.1 Å². The monoisotopic (exact) mass is 403 g/mol. The third-order valence-corrected chi connectivity index (χ3v) is 4.48. The second-order valence-corrected chi connectivity index (χ2v) is 6.28. The van der Waals surface area contributed by atoms with E-state index >= 15 is 0 Å². The molecule has 0 N–H and O–H groups in total.